The summed E-state index contributed by atoms with van der Waals surface area (Å²) in [6.45, 7) is 0.667. The first-order chi connectivity index (χ1) is 9.86. The van der Waals surface area contributed by atoms with Crippen LogP contribution in [0.5, 0.6) is 0 Å². The first kappa shape index (κ1) is 13.9. The molecule has 114 valence electrons. The maximum Gasteiger partial charge on any atom is 0.224 e. The molecule has 21 heavy (non-hydrogen) atoms. The summed E-state index contributed by atoms with van der Waals surface area (Å²) in [5, 5.41) is 19.0. The quantitative estimate of drug-likeness (QED) is 0.550. The highest BCUT2D eigenvalue weighted by atomic mass is 19.1. The van der Waals surface area contributed by atoms with Gasteiger partial charge in [-0.3, -0.25) is 4.57 Å². The molecule has 0 aliphatic carbocycles. The summed E-state index contributed by atoms with van der Waals surface area (Å²) in [5.41, 5.74) is 9.52. The van der Waals surface area contributed by atoms with E-state index in [9.17, 15) is 9.50 Å². The number of nitrogen functional groups attached to an aromatic ring is 2. The van der Waals surface area contributed by atoms with Crippen LogP contribution in [0.4, 0.5) is 16.2 Å². The molecule has 0 amide bonds. The van der Waals surface area contributed by atoms with E-state index in [0.29, 0.717) is 0 Å². The number of nitrogens with zero attached hydrogens (tertiary/aromatic N) is 4. The van der Waals surface area contributed by atoms with Crippen molar-refractivity contribution in [1.82, 2.24) is 19.5 Å². The number of rotatable bonds is 2. The van der Waals surface area contributed by atoms with Crippen LogP contribution < -0.4 is 11.5 Å². The lowest BCUT2D eigenvalue weighted by molar-refractivity contribution is -0.0566. The van der Waals surface area contributed by atoms with Gasteiger partial charge in [0.15, 0.2) is 23.4 Å². The Hall–Kier alpha value is -2.04. The Morgan fingerprint density at radius 3 is 2.81 bits per heavy atom. The van der Waals surface area contributed by atoms with Crippen LogP contribution in [-0.2, 0) is 4.74 Å². The predicted molar refractivity (Wildman–Crippen MR) is 70.7 cm³/mol. The van der Waals surface area contributed by atoms with Crippen molar-refractivity contribution in [2.24, 2.45) is 0 Å². The Balaban J connectivity index is 2.13. The Bertz CT molecular complexity index is 690. The molecule has 0 saturated carbocycles. The first-order valence-electron chi connectivity index (χ1n) is 6.25. The number of halogens is 1. The third kappa shape index (κ3) is 1.91. The van der Waals surface area contributed by atoms with Gasteiger partial charge in [-0.25, -0.2) is 9.37 Å². The van der Waals surface area contributed by atoms with Crippen LogP contribution in [-0.4, -0.2) is 54.2 Å². The van der Waals surface area contributed by atoms with Crippen LogP contribution in [0, 0.1) is 0 Å². The van der Waals surface area contributed by atoms with E-state index in [1.54, 1.807) is 0 Å². The minimum Gasteiger partial charge on any atom is -0.394 e. The maximum absolute atomic E-state index is 14.8. The summed E-state index contributed by atoms with van der Waals surface area (Å²) in [6, 6.07) is 0. The average molecular weight is 298 g/mol. The van der Waals surface area contributed by atoms with E-state index >= 15 is 0 Å². The number of aliphatic hydroxyl groups is 2. The molecule has 3 heterocycles. The van der Waals surface area contributed by atoms with Crippen LogP contribution in [0.3, 0.4) is 0 Å². The molecule has 2 aromatic heterocycles. The zero-order chi connectivity index (χ0) is 15.4. The summed E-state index contributed by atoms with van der Waals surface area (Å²) in [4.78, 5) is 11.8. The number of imidazole rings is 1. The number of alkyl halides is 1. The van der Waals surface area contributed by atoms with E-state index in [-0.39, 0.29) is 22.9 Å². The SMILES string of the molecule is CC1(F)[C@@H](O)C(CO)O[C@H]1n1cnc2c(N)nc(N)nc21. The normalized spacial score (nSPS) is 32.9. The predicted octanol–water partition coefficient (Wildman–Crippen LogP) is -1.03. The maximum atomic E-state index is 14.8. The smallest absolute Gasteiger partial charge is 0.224 e. The van der Waals surface area contributed by atoms with Gasteiger partial charge in [-0.1, -0.05) is 0 Å². The number of hydrogen-bond donors (Lipinski definition) is 4. The lowest BCUT2D eigenvalue weighted by Crippen LogP contribution is -2.40. The van der Waals surface area contributed by atoms with E-state index in [2.05, 4.69) is 15.0 Å². The van der Waals surface area contributed by atoms with E-state index in [0.717, 1.165) is 0 Å². The largest absolute Gasteiger partial charge is 0.394 e. The van der Waals surface area contributed by atoms with Crippen molar-refractivity contribution in [3.63, 3.8) is 0 Å². The molecular weight excluding hydrogens is 283 g/mol. The van der Waals surface area contributed by atoms with Gasteiger partial charge in [0.25, 0.3) is 0 Å². The van der Waals surface area contributed by atoms with Crippen molar-refractivity contribution in [2.45, 2.75) is 31.0 Å². The van der Waals surface area contributed by atoms with E-state index in [1.165, 1.54) is 17.8 Å². The van der Waals surface area contributed by atoms with E-state index in [1.807, 2.05) is 0 Å². The number of ether oxygens (including phenoxy) is 1. The molecule has 10 heteroatoms. The van der Waals surface area contributed by atoms with Gasteiger partial charge in [-0.2, -0.15) is 9.97 Å². The summed E-state index contributed by atoms with van der Waals surface area (Å²) < 4.78 is 21.4. The van der Waals surface area contributed by atoms with Crippen molar-refractivity contribution >= 4 is 22.9 Å². The lowest BCUT2D eigenvalue weighted by Gasteiger charge is -2.24. The number of hydrogen-bond acceptors (Lipinski definition) is 8. The Morgan fingerprint density at radius 1 is 1.48 bits per heavy atom. The second-order valence-corrected chi connectivity index (χ2v) is 5.10. The van der Waals surface area contributed by atoms with Crippen LogP contribution in [0.2, 0.25) is 0 Å². The van der Waals surface area contributed by atoms with Gasteiger partial charge in [0.05, 0.1) is 12.9 Å². The molecule has 2 unspecified atom stereocenters. The molecular formula is C11H15FN6O3. The minimum absolute atomic E-state index is 0.0639. The fourth-order valence-corrected chi connectivity index (χ4v) is 2.49. The summed E-state index contributed by atoms with van der Waals surface area (Å²) in [6.07, 6.45) is -2.46. The number of fused-ring (bicyclic) bond motifs is 1. The Kier molecular flexibility index (Phi) is 2.97. The van der Waals surface area contributed by atoms with Crippen molar-refractivity contribution in [2.75, 3.05) is 18.1 Å². The highest BCUT2D eigenvalue weighted by Crippen LogP contribution is 2.42. The van der Waals surface area contributed by atoms with E-state index in [4.69, 9.17) is 21.3 Å². The molecule has 1 saturated heterocycles. The molecule has 2 aromatic rings. The van der Waals surface area contributed by atoms with Crippen LogP contribution in [0.15, 0.2) is 6.33 Å². The van der Waals surface area contributed by atoms with Gasteiger partial charge in [-0.15, -0.1) is 0 Å². The summed E-state index contributed by atoms with van der Waals surface area (Å²) in [7, 11) is 0. The zero-order valence-electron chi connectivity index (χ0n) is 11.1. The molecule has 4 atom stereocenters. The Labute approximate surface area is 118 Å². The summed E-state index contributed by atoms with van der Waals surface area (Å²) >= 11 is 0. The first-order valence-corrected chi connectivity index (χ1v) is 6.25. The molecule has 9 nitrogen and oxygen atoms in total. The van der Waals surface area contributed by atoms with Gasteiger partial charge in [0.2, 0.25) is 5.95 Å². The third-order valence-corrected chi connectivity index (χ3v) is 3.62. The van der Waals surface area contributed by atoms with Crippen molar-refractivity contribution in [3.8, 4) is 0 Å². The highest BCUT2D eigenvalue weighted by Gasteiger charge is 2.55. The Morgan fingerprint density at radius 2 is 2.19 bits per heavy atom. The van der Waals surface area contributed by atoms with Crippen LogP contribution in [0.25, 0.3) is 11.2 Å². The lowest BCUT2D eigenvalue weighted by atomic mass is 9.98. The molecule has 0 spiro atoms. The highest BCUT2D eigenvalue weighted by molar-refractivity contribution is 5.82. The van der Waals surface area contributed by atoms with Gasteiger partial charge in [0, 0.05) is 0 Å². The monoisotopic (exact) mass is 298 g/mol. The summed E-state index contributed by atoms with van der Waals surface area (Å²) in [5.74, 6) is -0.0198. The molecule has 1 aliphatic rings. The van der Waals surface area contributed by atoms with Crippen molar-refractivity contribution in [3.05, 3.63) is 6.33 Å². The molecule has 0 radical (unpaired) electrons. The van der Waals surface area contributed by atoms with Gasteiger partial charge in [0.1, 0.15) is 17.7 Å². The number of aliphatic hydroxyl groups excluding tert-OH is 2. The fourth-order valence-electron chi connectivity index (χ4n) is 2.49. The molecule has 6 N–H and O–H groups in total. The van der Waals surface area contributed by atoms with Gasteiger partial charge >= 0.3 is 0 Å². The fraction of sp³-hybridized carbons (Fsp3) is 0.545. The van der Waals surface area contributed by atoms with Crippen LogP contribution in [0.1, 0.15) is 13.2 Å². The molecule has 0 bridgehead atoms. The average Bonchev–Trinajstić information content (AvgIpc) is 2.91. The van der Waals surface area contributed by atoms with Crippen molar-refractivity contribution in [1.29, 1.82) is 0 Å². The third-order valence-electron chi connectivity index (χ3n) is 3.62. The number of nitrogens with two attached hydrogens (primary N) is 2. The second kappa shape index (κ2) is 4.48. The van der Waals surface area contributed by atoms with Gasteiger partial charge < -0.3 is 26.4 Å². The molecule has 1 aliphatic heterocycles. The molecule has 3 rings (SSSR count). The molecule has 0 aromatic carbocycles. The second-order valence-electron chi connectivity index (χ2n) is 5.10. The van der Waals surface area contributed by atoms with Crippen molar-refractivity contribution < 1.29 is 19.3 Å². The molecule has 1 fully saturated rings. The topological polar surface area (TPSA) is 145 Å². The standard InChI is InChI=1S/C11H15FN6O3/c1-11(12)6(20)4(2-19)21-9(11)18-3-15-5-7(13)16-10(14)17-8(5)18/h3-4,6,9,19-20H,2H2,1H3,(H4,13,14,16,17)/t4?,6-,9+,11?/m0/s1. The number of anilines is 2. The number of aromatic nitrogens is 4. The minimum atomic E-state index is -2.14. The zero-order valence-corrected chi connectivity index (χ0v) is 11.1. The van der Waals surface area contributed by atoms with Crippen LogP contribution >= 0.6 is 0 Å². The van der Waals surface area contributed by atoms with Gasteiger partial charge in [-0.05, 0) is 6.92 Å². The van der Waals surface area contributed by atoms with E-state index < -0.39 is 30.7 Å².